The molecule has 1 aliphatic rings. The van der Waals surface area contributed by atoms with Crippen molar-refractivity contribution in [1.82, 2.24) is 0 Å². The highest BCUT2D eigenvalue weighted by Gasteiger charge is 2.14. The van der Waals surface area contributed by atoms with Crippen molar-refractivity contribution >= 4 is 11.6 Å². The number of benzene rings is 2. The fraction of sp³-hybridized carbons (Fsp3) is 0.316. The zero-order valence-corrected chi connectivity index (χ0v) is 12.9. The molecule has 1 aliphatic carbocycles. The summed E-state index contributed by atoms with van der Waals surface area (Å²) in [6.45, 7) is 2.06. The molecule has 0 bridgehead atoms. The molecule has 0 atom stereocenters. The summed E-state index contributed by atoms with van der Waals surface area (Å²) in [5, 5.41) is 2.99. The molecular formula is C19H21NO2. The van der Waals surface area contributed by atoms with Crippen LogP contribution < -0.4 is 10.1 Å². The van der Waals surface area contributed by atoms with E-state index in [-0.39, 0.29) is 12.5 Å². The summed E-state index contributed by atoms with van der Waals surface area (Å²) in [4.78, 5) is 12.1. The third-order valence-corrected chi connectivity index (χ3v) is 4.06. The normalized spacial score (nSPS) is 13.3. The number of hydrogen-bond acceptors (Lipinski definition) is 2. The SMILES string of the molecule is Cc1ccc(OCC(=O)Nc2cccc3c2CCCC3)cc1. The summed E-state index contributed by atoms with van der Waals surface area (Å²) in [7, 11) is 0. The number of rotatable bonds is 4. The maximum atomic E-state index is 12.1. The first-order valence-corrected chi connectivity index (χ1v) is 7.82. The molecule has 2 aromatic rings. The van der Waals surface area contributed by atoms with Crippen LogP contribution in [0.1, 0.15) is 29.5 Å². The second kappa shape index (κ2) is 6.65. The van der Waals surface area contributed by atoms with Crippen LogP contribution >= 0.6 is 0 Å². The van der Waals surface area contributed by atoms with Crippen LogP contribution in [-0.4, -0.2) is 12.5 Å². The average molecular weight is 295 g/mol. The molecular weight excluding hydrogens is 274 g/mol. The van der Waals surface area contributed by atoms with Crippen molar-refractivity contribution in [2.75, 3.05) is 11.9 Å². The van der Waals surface area contributed by atoms with Crippen molar-refractivity contribution in [2.24, 2.45) is 0 Å². The summed E-state index contributed by atoms with van der Waals surface area (Å²) in [5.74, 6) is 0.607. The number of nitrogens with one attached hydrogen (secondary N) is 1. The molecule has 0 unspecified atom stereocenters. The number of aryl methyl sites for hydroxylation is 2. The maximum Gasteiger partial charge on any atom is 0.262 e. The zero-order chi connectivity index (χ0) is 15.4. The summed E-state index contributed by atoms with van der Waals surface area (Å²) < 4.78 is 5.53. The first-order valence-electron chi connectivity index (χ1n) is 7.82. The predicted octanol–water partition coefficient (Wildman–Crippen LogP) is 3.89. The lowest BCUT2D eigenvalue weighted by Crippen LogP contribution is -2.21. The molecule has 1 N–H and O–H groups in total. The fourth-order valence-corrected chi connectivity index (χ4v) is 2.87. The van der Waals surface area contributed by atoms with E-state index >= 15 is 0 Å². The molecule has 3 rings (SSSR count). The topological polar surface area (TPSA) is 38.3 Å². The Morgan fingerprint density at radius 2 is 1.86 bits per heavy atom. The van der Waals surface area contributed by atoms with Gasteiger partial charge in [-0.15, -0.1) is 0 Å². The Morgan fingerprint density at radius 1 is 1.09 bits per heavy atom. The molecule has 0 aliphatic heterocycles. The Labute approximate surface area is 131 Å². The van der Waals surface area contributed by atoms with E-state index in [9.17, 15) is 4.79 Å². The molecule has 3 heteroatoms. The molecule has 2 aromatic carbocycles. The van der Waals surface area contributed by atoms with Crippen molar-refractivity contribution in [3.05, 3.63) is 59.2 Å². The minimum Gasteiger partial charge on any atom is -0.484 e. The van der Waals surface area contributed by atoms with Crippen molar-refractivity contribution < 1.29 is 9.53 Å². The van der Waals surface area contributed by atoms with E-state index < -0.39 is 0 Å². The highest BCUT2D eigenvalue weighted by atomic mass is 16.5. The van der Waals surface area contributed by atoms with E-state index in [1.54, 1.807) is 0 Å². The van der Waals surface area contributed by atoms with Crippen molar-refractivity contribution in [3.8, 4) is 5.75 Å². The van der Waals surface area contributed by atoms with Crippen LogP contribution in [0.25, 0.3) is 0 Å². The van der Waals surface area contributed by atoms with Gasteiger partial charge in [0.1, 0.15) is 5.75 Å². The Hall–Kier alpha value is -2.29. The summed E-state index contributed by atoms with van der Waals surface area (Å²) in [6.07, 6.45) is 4.59. The third kappa shape index (κ3) is 3.48. The van der Waals surface area contributed by atoms with Crippen molar-refractivity contribution in [2.45, 2.75) is 32.6 Å². The van der Waals surface area contributed by atoms with Crippen LogP contribution in [0.2, 0.25) is 0 Å². The van der Waals surface area contributed by atoms with Gasteiger partial charge < -0.3 is 10.1 Å². The lowest BCUT2D eigenvalue weighted by atomic mass is 9.90. The first-order chi connectivity index (χ1) is 10.7. The first kappa shape index (κ1) is 14.6. The van der Waals surface area contributed by atoms with E-state index in [2.05, 4.69) is 11.4 Å². The van der Waals surface area contributed by atoms with Crippen LogP contribution in [0.5, 0.6) is 5.75 Å². The number of fused-ring (bicyclic) bond motifs is 1. The number of anilines is 1. The van der Waals surface area contributed by atoms with Crippen LogP contribution in [0.3, 0.4) is 0 Å². The monoisotopic (exact) mass is 295 g/mol. The van der Waals surface area contributed by atoms with E-state index in [0.717, 1.165) is 24.3 Å². The van der Waals surface area contributed by atoms with Gasteiger partial charge in [0.15, 0.2) is 6.61 Å². The minimum absolute atomic E-state index is 0.0345. The van der Waals surface area contributed by atoms with E-state index in [1.165, 1.54) is 29.5 Å². The van der Waals surface area contributed by atoms with E-state index in [4.69, 9.17) is 4.74 Å². The summed E-state index contributed by atoms with van der Waals surface area (Å²) in [5.41, 5.74) is 4.77. The molecule has 0 fully saturated rings. The molecule has 3 nitrogen and oxygen atoms in total. The molecule has 0 saturated carbocycles. The van der Waals surface area contributed by atoms with E-state index in [1.807, 2.05) is 43.3 Å². The van der Waals surface area contributed by atoms with Gasteiger partial charge in [-0.3, -0.25) is 4.79 Å². The van der Waals surface area contributed by atoms with Gasteiger partial charge in [-0.05, 0) is 61.9 Å². The Balaban J connectivity index is 1.61. The summed E-state index contributed by atoms with van der Waals surface area (Å²) in [6, 6.07) is 13.9. The number of ether oxygens (including phenoxy) is 1. The smallest absolute Gasteiger partial charge is 0.262 e. The molecule has 114 valence electrons. The molecule has 1 amide bonds. The van der Waals surface area contributed by atoms with Gasteiger partial charge in [0, 0.05) is 5.69 Å². The maximum absolute atomic E-state index is 12.1. The van der Waals surface area contributed by atoms with Gasteiger partial charge >= 0.3 is 0 Å². The minimum atomic E-state index is -0.112. The van der Waals surface area contributed by atoms with Gasteiger partial charge in [0.25, 0.3) is 5.91 Å². The second-order valence-electron chi connectivity index (χ2n) is 5.80. The predicted molar refractivity (Wildman–Crippen MR) is 88.4 cm³/mol. The standard InChI is InChI=1S/C19H21NO2/c1-14-9-11-16(12-10-14)22-13-19(21)20-18-8-4-6-15-5-2-3-7-17(15)18/h4,6,8-12H,2-3,5,7,13H2,1H3,(H,20,21). The van der Waals surface area contributed by atoms with Gasteiger partial charge in [0.05, 0.1) is 0 Å². The molecule has 22 heavy (non-hydrogen) atoms. The van der Waals surface area contributed by atoms with Crippen LogP contribution in [0.15, 0.2) is 42.5 Å². The molecule has 0 heterocycles. The van der Waals surface area contributed by atoms with Crippen molar-refractivity contribution in [1.29, 1.82) is 0 Å². The van der Waals surface area contributed by atoms with Gasteiger partial charge in [-0.1, -0.05) is 29.8 Å². The summed E-state index contributed by atoms with van der Waals surface area (Å²) >= 11 is 0. The number of amides is 1. The van der Waals surface area contributed by atoms with Crippen LogP contribution in [0.4, 0.5) is 5.69 Å². The lowest BCUT2D eigenvalue weighted by molar-refractivity contribution is -0.118. The molecule has 0 saturated heterocycles. The average Bonchev–Trinajstić information content (AvgIpc) is 2.55. The number of carbonyl (C=O) groups excluding carboxylic acids is 1. The van der Waals surface area contributed by atoms with Gasteiger partial charge in [0.2, 0.25) is 0 Å². The highest BCUT2D eigenvalue weighted by molar-refractivity contribution is 5.92. The zero-order valence-electron chi connectivity index (χ0n) is 12.9. The van der Waals surface area contributed by atoms with E-state index in [0.29, 0.717) is 0 Å². The molecule has 0 spiro atoms. The lowest BCUT2D eigenvalue weighted by Gasteiger charge is -2.19. The van der Waals surface area contributed by atoms with Gasteiger partial charge in [-0.25, -0.2) is 0 Å². The van der Waals surface area contributed by atoms with Crippen molar-refractivity contribution in [3.63, 3.8) is 0 Å². The number of carbonyl (C=O) groups is 1. The Bertz CT molecular complexity index is 662. The third-order valence-electron chi connectivity index (χ3n) is 4.06. The van der Waals surface area contributed by atoms with Gasteiger partial charge in [-0.2, -0.15) is 0 Å². The quantitative estimate of drug-likeness (QED) is 0.929. The second-order valence-corrected chi connectivity index (χ2v) is 5.80. The van der Waals surface area contributed by atoms with Crippen LogP contribution in [-0.2, 0) is 17.6 Å². The largest absolute Gasteiger partial charge is 0.484 e. The fourth-order valence-electron chi connectivity index (χ4n) is 2.87. The Morgan fingerprint density at radius 3 is 2.68 bits per heavy atom. The highest BCUT2D eigenvalue weighted by Crippen LogP contribution is 2.27. The number of hydrogen-bond donors (Lipinski definition) is 1. The Kier molecular flexibility index (Phi) is 4.42. The molecule has 0 radical (unpaired) electrons. The van der Waals surface area contributed by atoms with Crippen LogP contribution in [0, 0.1) is 6.92 Å². The molecule has 0 aromatic heterocycles.